The van der Waals surface area contributed by atoms with E-state index in [4.69, 9.17) is 4.74 Å². The molecule has 0 saturated carbocycles. The monoisotopic (exact) mass is 353 g/mol. The van der Waals surface area contributed by atoms with Crippen LogP contribution >= 0.6 is 0 Å². The van der Waals surface area contributed by atoms with Gasteiger partial charge < -0.3 is 4.74 Å². The van der Waals surface area contributed by atoms with E-state index in [1.54, 1.807) is 31.3 Å². The van der Waals surface area contributed by atoms with E-state index < -0.39 is 11.7 Å². The molecule has 3 aromatic rings. The Balaban J connectivity index is 2.01. The summed E-state index contributed by atoms with van der Waals surface area (Å²) in [5, 5.41) is 7.56. The lowest BCUT2D eigenvalue weighted by molar-refractivity contribution is 0.245. The predicted octanol–water partition coefficient (Wildman–Crippen LogP) is 2.16. The van der Waals surface area contributed by atoms with Gasteiger partial charge in [-0.15, -0.1) is 4.68 Å². The van der Waals surface area contributed by atoms with Gasteiger partial charge in [-0.1, -0.05) is 24.3 Å². The van der Waals surface area contributed by atoms with Crippen molar-refractivity contribution >= 4 is 11.7 Å². The van der Waals surface area contributed by atoms with Crippen LogP contribution in [0.2, 0.25) is 0 Å². The highest BCUT2D eigenvalue weighted by molar-refractivity contribution is 5.93. The molecule has 0 aliphatic carbocycles. The fourth-order valence-corrected chi connectivity index (χ4v) is 2.65. The van der Waals surface area contributed by atoms with Crippen molar-refractivity contribution in [2.75, 3.05) is 19.1 Å². The molecular weight excluding hydrogens is 334 g/mol. The predicted molar refractivity (Wildman–Crippen MR) is 97.3 cm³/mol. The van der Waals surface area contributed by atoms with Gasteiger partial charge >= 0.3 is 11.7 Å². The van der Waals surface area contributed by atoms with Crippen LogP contribution in [0.5, 0.6) is 5.75 Å². The summed E-state index contributed by atoms with van der Waals surface area (Å²) >= 11 is 0. The third-order valence-corrected chi connectivity index (χ3v) is 4.09. The summed E-state index contributed by atoms with van der Waals surface area (Å²) in [6, 6.07) is 12.0. The number of nitrogens with zero attached hydrogens (tertiary/aromatic N) is 5. The number of para-hydroxylation sites is 2. The van der Waals surface area contributed by atoms with E-state index in [2.05, 4.69) is 10.4 Å². The third-order valence-electron chi connectivity index (χ3n) is 4.09. The van der Waals surface area contributed by atoms with Gasteiger partial charge in [0.2, 0.25) is 0 Å². The Morgan fingerprint density at radius 3 is 2.58 bits per heavy atom. The number of tetrazole rings is 1. The van der Waals surface area contributed by atoms with Crippen molar-refractivity contribution in [1.29, 1.82) is 0 Å². The maximum Gasteiger partial charge on any atom is 0.377 e. The number of carbonyl (C=O) groups excluding carboxylic acids is 1. The summed E-state index contributed by atoms with van der Waals surface area (Å²) in [7, 11) is 3.09. The molecule has 8 nitrogen and oxygen atoms in total. The highest BCUT2D eigenvalue weighted by Gasteiger charge is 2.22. The summed E-state index contributed by atoms with van der Waals surface area (Å²) in [6.07, 6.45) is 0. The number of anilines is 1. The topological polar surface area (TPSA) is 82.2 Å². The normalized spacial score (nSPS) is 10.6. The highest BCUT2D eigenvalue weighted by Crippen LogP contribution is 2.21. The van der Waals surface area contributed by atoms with Gasteiger partial charge in [0.25, 0.3) is 0 Å². The van der Waals surface area contributed by atoms with Crippen molar-refractivity contribution in [3.8, 4) is 11.4 Å². The largest absolute Gasteiger partial charge is 0.494 e. The molecule has 0 bridgehead atoms. The molecule has 0 radical (unpaired) electrons. The third kappa shape index (κ3) is 2.97. The first kappa shape index (κ1) is 17.4. The van der Waals surface area contributed by atoms with Crippen molar-refractivity contribution in [3.63, 3.8) is 0 Å². The first-order chi connectivity index (χ1) is 12.4. The molecule has 3 rings (SSSR count). The SMILES string of the molecule is COc1ccccc1-n1nnn(C(=O)N(C)c2cc(C)ccc2C)c1=O. The van der Waals surface area contributed by atoms with E-state index in [1.807, 2.05) is 32.0 Å². The van der Waals surface area contributed by atoms with Gasteiger partial charge in [0.1, 0.15) is 11.4 Å². The molecule has 0 aliphatic rings. The van der Waals surface area contributed by atoms with Crippen molar-refractivity contribution in [2.24, 2.45) is 0 Å². The van der Waals surface area contributed by atoms with Crippen LogP contribution in [-0.2, 0) is 0 Å². The maximum atomic E-state index is 12.8. The molecule has 8 heteroatoms. The number of aryl methyl sites for hydroxylation is 2. The molecule has 134 valence electrons. The number of carbonyl (C=O) groups is 1. The van der Waals surface area contributed by atoms with Gasteiger partial charge in [0.15, 0.2) is 0 Å². The minimum Gasteiger partial charge on any atom is -0.494 e. The molecule has 0 saturated heterocycles. The molecule has 0 fully saturated rings. The van der Waals surface area contributed by atoms with Crippen LogP contribution in [0.1, 0.15) is 11.1 Å². The summed E-state index contributed by atoms with van der Waals surface area (Å²) in [5.74, 6) is 0.456. The number of hydrogen-bond acceptors (Lipinski definition) is 5. The second kappa shape index (κ2) is 6.83. The van der Waals surface area contributed by atoms with E-state index in [-0.39, 0.29) is 0 Å². The van der Waals surface area contributed by atoms with Crippen LogP contribution < -0.4 is 15.3 Å². The van der Waals surface area contributed by atoms with Crippen LogP contribution in [0.3, 0.4) is 0 Å². The van der Waals surface area contributed by atoms with Crippen LogP contribution in [0, 0.1) is 13.8 Å². The fourth-order valence-electron chi connectivity index (χ4n) is 2.65. The fraction of sp³-hybridized carbons (Fsp3) is 0.222. The maximum absolute atomic E-state index is 12.8. The summed E-state index contributed by atoms with van der Waals surface area (Å²) < 4.78 is 7.00. The van der Waals surface area contributed by atoms with Crippen molar-refractivity contribution in [2.45, 2.75) is 13.8 Å². The Labute approximate surface area is 150 Å². The van der Waals surface area contributed by atoms with Crippen LogP contribution in [0.4, 0.5) is 10.5 Å². The van der Waals surface area contributed by atoms with Crippen LogP contribution in [0.25, 0.3) is 5.69 Å². The Morgan fingerprint density at radius 1 is 1.12 bits per heavy atom. The van der Waals surface area contributed by atoms with E-state index in [0.717, 1.165) is 20.5 Å². The zero-order chi connectivity index (χ0) is 18.8. The molecule has 1 aromatic heterocycles. The lowest BCUT2D eigenvalue weighted by atomic mass is 10.1. The molecule has 0 spiro atoms. The molecule has 1 amide bonds. The second-order valence-electron chi connectivity index (χ2n) is 5.89. The standard InChI is InChI=1S/C18H19N5O3/c1-12-9-10-13(2)15(11-12)21(3)17(24)23-18(25)22(19-20-23)14-7-5-6-8-16(14)26-4/h5-11H,1-4H3. The van der Waals surface area contributed by atoms with Gasteiger partial charge in [0, 0.05) is 12.7 Å². The van der Waals surface area contributed by atoms with Crippen molar-refractivity contribution in [1.82, 2.24) is 19.8 Å². The Hall–Kier alpha value is -3.42. The molecule has 0 aliphatic heterocycles. The Morgan fingerprint density at radius 2 is 1.85 bits per heavy atom. The van der Waals surface area contributed by atoms with Gasteiger partial charge in [-0.25, -0.2) is 9.59 Å². The molecule has 0 N–H and O–H groups in total. The average Bonchev–Trinajstić information content (AvgIpc) is 3.03. The lowest BCUT2D eigenvalue weighted by Gasteiger charge is -2.18. The van der Waals surface area contributed by atoms with Gasteiger partial charge in [-0.3, -0.25) is 4.90 Å². The number of ether oxygens (including phenoxy) is 1. The molecule has 1 heterocycles. The zero-order valence-electron chi connectivity index (χ0n) is 15.0. The highest BCUT2D eigenvalue weighted by atomic mass is 16.5. The Kier molecular flexibility index (Phi) is 4.57. The van der Waals surface area contributed by atoms with Gasteiger partial charge in [-0.05, 0) is 53.6 Å². The minimum atomic E-state index is -0.670. The number of amides is 1. The zero-order valence-corrected chi connectivity index (χ0v) is 15.0. The van der Waals surface area contributed by atoms with Crippen molar-refractivity contribution in [3.05, 3.63) is 64.1 Å². The first-order valence-corrected chi connectivity index (χ1v) is 7.97. The molecule has 0 atom stereocenters. The smallest absolute Gasteiger partial charge is 0.377 e. The van der Waals surface area contributed by atoms with Crippen molar-refractivity contribution < 1.29 is 9.53 Å². The quantitative estimate of drug-likeness (QED) is 0.674. The van der Waals surface area contributed by atoms with Crippen LogP contribution in [-0.4, -0.2) is 40.0 Å². The molecular formula is C18H19N5O3. The minimum absolute atomic E-state index is 0.411. The lowest BCUT2D eigenvalue weighted by Crippen LogP contribution is -2.39. The molecule has 0 unspecified atom stereocenters. The number of rotatable bonds is 3. The molecule has 2 aromatic carbocycles. The summed E-state index contributed by atoms with van der Waals surface area (Å²) in [5.41, 5.74) is 2.37. The van der Waals surface area contributed by atoms with Crippen LogP contribution in [0.15, 0.2) is 47.3 Å². The summed E-state index contributed by atoms with van der Waals surface area (Å²) in [4.78, 5) is 26.8. The van der Waals surface area contributed by atoms with E-state index >= 15 is 0 Å². The number of aromatic nitrogens is 4. The first-order valence-electron chi connectivity index (χ1n) is 7.97. The summed E-state index contributed by atoms with van der Waals surface area (Å²) in [6.45, 7) is 3.83. The van der Waals surface area contributed by atoms with E-state index in [0.29, 0.717) is 17.1 Å². The van der Waals surface area contributed by atoms with Gasteiger partial charge in [-0.2, -0.15) is 4.68 Å². The average molecular weight is 353 g/mol. The second-order valence-corrected chi connectivity index (χ2v) is 5.89. The Bertz CT molecular complexity index is 1020. The number of benzene rings is 2. The van der Waals surface area contributed by atoms with Gasteiger partial charge in [0.05, 0.1) is 7.11 Å². The van der Waals surface area contributed by atoms with E-state index in [9.17, 15) is 9.59 Å². The number of methoxy groups -OCH3 is 1. The number of hydrogen-bond donors (Lipinski definition) is 0. The molecule has 26 heavy (non-hydrogen) atoms. The van der Waals surface area contributed by atoms with E-state index in [1.165, 1.54) is 12.0 Å².